The van der Waals surface area contributed by atoms with Crippen LogP contribution in [0.25, 0.3) is 0 Å². The van der Waals surface area contributed by atoms with E-state index in [-0.39, 0.29) is 17.0 Å². The molecule has 1 aromatic heterocycles. The summed E-state index contributed by atoms with van der Waals surface area (Å²) in [5.41, 5.74) is 0.301. The number of ether oxygens (including phenoxy) is 2. The maximum atomic E-state index is 12.6. The Kier molecular flexibility index (Phi) is 6.53. The fourth-order valence-corrected chi connectivity index (χ4v) is 4.49. The van der Waals surface area contributed by atoms with E-state index in [2.05, 4.69) is 14.4 Å². The molecule has 0 unspecified atom stereocenters. The van der Waals surface area contributed by atoms with Crippen LogP contribution in [0.1, 0.15) is 36.0 Å². The molecule has 0 bridgehead atoms. The Hall–Kier alpha value is -2.16. The largest absolute Gasteiger partial charge is 0.474 e. The summed E-state index contributed by atoms with van der Waals surface area (Å²) < 4.78 is 38.3. The van der Waals surface area contributed by atoms with Gasteiger partial charge in [-0.25, -0.2) is 22.9 Å². The van der Waals surface area contributed by atoms with E-state index in [1.54, 1.807) is 12.1 Å². The first-order valence-electron chi connectivity index (χ1n) is 8.86. The molecule has 0 aliphatic heterocycles. The van der Waals surface area contributed by atoms with Crippen LogP contribution >= 0.6 is 11.6 Å². The molecule has 1 aliphatic rings. The molecule has 9 heteroatoms. The molecule has 0 radical (unpaired) electrons. The number of esters is 1. The highest BCUT2D eigenvalue weighted by Gasteiger charge is 2.27. The Morgan fingerprint density at radius 2 is 1.79 bits per heavy atom. The lowest BCUT2D eigenvalue weighted by molar-refractivity contribution is 0.0600. The van der Waals surface area contributed by atoms with Crippen LogP contribution in [0.4, 0.5) is 0 Å². The number of nitrogens with one attached hydrogen (secondary N) is 1. The molecule has 150 valence electrons. The number of pyridine rings is 1. The summed E-state index contributed by atoms with van der Waals surface area (Å²) in [6, 6.07) is 8.94. The number of halogens is 1. The van der Waals surface area contributed by atoms with Gasteiger partial charge in [-0.15, -0.1) is 0 Å². The molecule has 0 saturated heterocycles. The fraction of sp³-hybridized carbons (Fsp3) is 0.368. The smallest absolute Gasteiger partial charge is 0.337 e. The van der Waals surface area contributed by atoms with Gasteiger partial charge in [0.05, 0.1) is 22.6 Å². The van der Waals surface area contributed by atoms with Gasteiger partial charge in [0.25, 0.3) is 0 Å². The lowest BCUT2D eigenvalue weighted by Crippen LogP contribution is -2.39. The van der Waals surface area contributed by atoms with E-state index >= 15 is 0 Å². The van der Waals surface area contributed by atoms with Crippen LogP contribution < -0.4 is 9.46 Å². The number of rotatable bonds is 6. The zero-order valence-corrected chi connectivity index (χ0v) is 16.9. The second-order valence-corrected chi connectivity index (χ2v) is 8.69. The van der Waals surface area contributed by atoms with Crippen LogP contribution in [0.2, 0.25) is 5.02 Å². The Morgan fingerprint density at radius 3 is 2.36 bits per heavy atom. The second kappa shape index (κ2) is 8.89. The third kappa shape index (κ3) is 5.21. The first-order chi connectivity index (χ1) is 13.4. The van der Waals surface area contributed by atoms with Gasteiger partial charge in [0.1, 0.15) is 6.10 Å². The normalized spacial score (nSPS) is 19.8. The van der Waals surface area contributed by atoms with Crippen LogP contribution in [0, 0.1) is 0 Å². The van der Waals surface area contributed by atoms with Crippen molar-refractivity contribution in [2.24, 2.45) is 0 Å². The third-order valence-electron chi connectivity index (χ3n) is 4.57. The first-order valence-corrected chi connectivity index (χ1v) is 10.7. The minimum atomic E-state index is -3.66. The summed E-state index contributed by atoms with van der Waals surface area (Å²) in [7, 11) is -2.38. The molecule has 0 spiro atoms. The van der Waals surface area contributed by atoms with Crippen molar-refractivity contribution in [3.8, 4) is 5.88 Å². The maximum Gasteiger partial charge on any atom is 0.337 e. The monoisotopic (exact) mass is 424 g/mol. The molecule has 1 aliphatic carbocycles. The molecule has 1 aromatic carbocycles. The summed E-state index contributed by atoms with van der Waals surface area (Å²) in [5.74, 6) is 0.00420. The number of carbonyl (C=O) groups is 1. The SMILES string of the molecule is COC(=O)c1ccc(S(=O)(=O)NC2CCC(Oc3ccc(Cl)cn3)CC2)cc1. The number of hydrogen-bond donors (Lipinski definition) is 1. The van der Waals surface area contributed by atoms with Crippen molar-refractivity contribution < 1.29 is 22.7 Å². The van der Waals surface area contributed by atoms with Gasteiger partial charge in [0, 0.05) is 18.3 Å². The lowest BCUT2D eigenvalue weighted by atomic mass is 9.94. The van der Waals surface area contributed by atoms with Gasteiger partial charge < -0.3 is 9.47 Å². The zero-order chi connectivity index (χ0) is 20.1. The van der Waals surface area contributed by atoms with Gasteiger partial charge in [0.15, 0.2) is 0 Å². The minimum absolute atomic E-state index is 0.00577. The van der Waals surface area contributed by atoms with E-state index in [9.17, 15) is 13.2 Å². The van der Waals surface area contributed by atoms with Crippen molar-refractivity contribution in [3.05, 3.63) is 53.2 Å². The second-order valence-electron chi connectivity index (χ2n) is 6.54. The molecular formula is C19H21ClN2O5S. The zero-order valence-electron chi connectivity index (χ0n) is 15.3. The first kappa shape index (κ1) is 20.6. The summed E-state index contributed by atoms with van der Waals surface area (Å²) in [6.07, 6.45) is 4.29. The van der Waals surface area contributed by atoms with Gasteiger partial charge in [-0.2, -0.15) is 0 Å². The average Bonchev–Trinajstić information content (AvgIpc) is 2.70. The summed E-state index contributed by atoms with van der Waals surface area (Å²) >= 11 is 5.81. The molecule has 7 nitrogen and oxygen atoms in total. The van der Waals surface area contributed by atoms with Crippen molar-refractivity contribution in [1.82, 2.24) is 9.71 Å². The van der Waals surface area contributed by atoms with Crippen molar-refractivity contribution in [2.45, 2.75) is 42.7 Å². The molecule has 28 heavy (non-hydrogen) atoms. The van der Waals surface area contributed by atoms with E-state index in [1.807, 2.05) is 0 Å². The van der Waals surface area contributed by atoms with E-state index in [0.717, 1.165) is 12.8 Å². The number of hydrogen-bond acceptors (Lipinski definition) is 6. The van der Waals surface area contributed by atoms with E-state index < -0.39 is 16.0 Å². The quantitative estimate of drug-likeness (QED) is 0.715. The highest BCUT2D eigenvalue weighted by atomic mass is 35.5. The van der Waals surface area contributed by atoms with E-state index in [4.69, 9.17) is 16.3 Å². The predicted molar refractivity (Wildman–Crippen MR) is 104 cm³/mol. The standard InChI is InChI=1S/C19H21ClN2O5S/c1-26-19(23)13-2-9-17(10-3-13)28(24,25)22-15-5-7-16(8-6-15)27-18-11-4-14(20)12-21-18/h2-4,9-12,15-16,22H,5-8H2,1H3. The topological polar surface area (TPSA) is 94.6 Å². The van der Waals surface area contributed by atoms with Gasteiger partial charge in [-0.3, -0.25) is 0 Å². The van der Waals surface area contributed by atoms with Crippen LogP contribution in [-0.2, 0) is 14.8 Å². The maximum absolute atomic E-state index is 12.6. The average molecular weight is 425 g/mol. The molecular weight excluding hydrogens is 404 g/mol. The van der Waals surface area contributed by atoms with Gasteiger partial charge in [0.2, 0.25) is 15.9 Å². The summed E-state index contributed by atoms with van der Waals surface area (Å²) in [6.45, 7) is 0. The highest BCUT2D eigenvalue weighted by Crippen LogP contribution is 2.25. The Bertz CT molecular complexity index is 908. The van der Waals surface area contributed by atoms with Crippen molar-refractivity contribution in [1.29, 1.82) is 0 Å². The molecule has 1 fully saturated rings. The number of aromatic nitrogens is 1. The van der Waals surface area contributed by atoms with Crippen molar-refractivity contribution in [2.75, 3.05) is 7.11 Å². The number of sulfonamides is 1. The van der Waals surface area contributed by atoms with Crippen LogP contribution in [-0.4, -0.2) is 38.6 Å². The number of carbonyl (C=O) groups excluding carboxylic acids is 1. The Labute approximate surface area is 169 Å². The molecule has 1 N–H and O–H groups in total. The third-order valence-corrected chi connectivity index (χ3v) is 6.33. The number of methoxy groups -OCH3 is 1. The molecule has 2 aromatic rings. The fourth-order valence-electron chi connectivity index (χ4n) is 3.08. The van der Waals surface area contributed by atoms with Gasteiger partial charge in [-0.05, 0) is 56.0 Å². The van der Waals surface area contributed by atoms with Gasteiger partial charge >= 0.3 is 5.97 Å². The summed E-state index contributed by atoms with van der Waals surface area (Å²) in [5, 5.41) is 0.546. The van der Waals surface area contributed by atoms with Crippen molar-refractivity contribution >= 4 is 27.6 Å². The predicted octanol–water partition coefficient (Wildman–Crippen LogP) is 3.19. The van der Waals surface area contributed by atoms with E-state index in [0.29, 0.717) is 29.3 Å². The molecule has 3 rings (SSSR count). The Morgan fingerprint density at radius 1 is 1.11 bits per heavy atom. The van der Waals surface area contributed by atoms with E-state index in [1.165, 1.54) is 37.6 Å². The van der Waals surface area contributed by atoms with Crippen LogP contribution in [0.15, 0.2) is 47.5 Å². The summed E-state index contributed by atoms with van der Waals surface area (Å²) in [4.78, 5) is 15.7. The van der Waals surface area contributed by atoms with Crippen molar-refractivity contribution in [3.63, 3.8) is 0 Å². The molecule has 1 saturated carbocycles. The van der Waals surface area contributed by atoms with Gasteiger partial charge in [-0.1, -0.05) is 11.6 Å². The van der Waals surface area contributed by atoms with Crippen LogP contribution in [0.5, 0.6) is 5.88 Å². The lowest BCUT2D eigenvalue weighted by Gasteiger charge is -2.29. The molecule has 0 atom stereocenters. The number of benzene rings is 1. The molecule has 0 amide bonds. The van der Waals surface area contributed by atoms with Crippen LogP contribution in [0.3, 0.4) is 0 Å². The molecule has 1 heterocycles. The minimum Gasteiger partial charge on any atom is -0.474 e. The Balaban J connectivity index is 1.54. The number of nitrogens with zero attached hydrogens (tertiary/aromatic N) is 1. The highest BCUT2D eigenvalue weighted by molar-refractivity contribution is 7.89.